The van der Waals surface area contributed by atoms with E-state index in [1.165, 1.54) is 6.07 Å². The minimum atomic E-state index is -0.210. The minimum absolute atomic E-state index is 0. The Bertz CT molecular complexity index is 263. The van der Waals surface area contributed by atoms with E-state index >= 15 is 0 Å². The Morgan fingerprint density at radius 2 is 1.77 bits per heavy atom. The summed E-state index contributed by atoms with van der Waals surface area (Å²) in [7, 11) is 0. The lowest BCUT2D eigenvalue weighted by atomic mass is 9.97. The lowest BCUT2D eigenvalue weighted by molar-refractivity contribution is 0.485. The Balaban J connectivity index is 0.00000144. The molecule has 1 unspecified atom stereocenters. The number of hydrogen-bond donors (Lipinski definition) is 1. The van der Waals surface area contributed by atoms with Gasteiger partial charge in [-0.25, -0.2) is 4.39 Å². The summed E-state index contributed by atoms with van der Waals surface area (Å²) in [6.07, 6.45) is 0. The molecule has 1 aromatic carbocycles. The van der Waals surface area contributed by atoms with E-state index in [0.29, 0.717) is 5.56 Å². The molecule has 0 saturated carbocycles. The van der Waals surface area contributed by atoms with Crippen molar-refractivity contribution < 1.29 is 4.39 Å². The first-order chi connectivity index (χ1) is 5.63. The molecule has 1 nitrogen and oxygen atoms in total. The third-order valence-corrected chi connectivity index (χ3v) is 1.98. The Hall–Kier alpha value is -0.600. The second-order valence-corrected chi connectivity index (χ2v) is 3.29. The molecule has 2 N–H and O–H groups in total. The molecule has 0 radical (unpaired) electrons. The van der Waals surface area contributed by atoms with Crippen LogP contribution in [0.4, 0.5) is 4.39 Å². The number of hydrogen-bond acceptors (Lipinski definition) is 1. The number of benzene rings is 1. The first kappa shape index (κ1) is 12.4. The Morgan fingerprint density at radius 1 is 1.23 bits per heavy atom. The molecule has 74 valence electrons. The highest BCUT2D eigenvalue weighted by atomic mass is 35.5. The van der Waals surface area contributed by atoms with Crippen molar-refractivity contribution in [2.24, 2.45) is 11.7 Å². The molecule has 0 amide bonds. The van der Waals surface area contributed by atoms with Gasteiger partial charge in [-0.05, 0) is 12.0 Å². The molecule has 0 aromatic heterocycles. The van der Waals surface area contributed by atoms with Crippen LogP contribution < -0.4 is 5.73 Å². The highest BCUT2D eigenvalue weighted by Gasteiger charge is 2.13. The predicted octanol–water partition coefficient (Wildman–Crippen LogP) is 2.90. The summed E-state index contributed by atoms with van der Waals surface area (Å²) in [4.78, 5) is 0. The van der Waals surface area contributed by atoms with E-state index in [9.17, 15) is 4.39 Å². The van der Waals surface area contributed by atoms with Crippen molar-refractivity contribution >= 4 is 12.4 Å². The van der Waals surface area contributed by atoms with Gasteiger partial charge >= 0.3 is 0 Å². The average Bonchev–Trinajstić information content (AvgIpc) is 2.04. The van der Waals surface area contributed by atoms with E-state index in [-0.39, 0.29) is 30.2 Å². The van der Waals surface area contributed by atoms with Gasteiger partial charge in [-0.15, -0.1) is 12.4 Å². The normalized spacial score (nSPS) is 12.4. The molecule has 1 atom stereocenters. The molecule has 0 aliphatic heterocycles. The van der Waals surface area contributed by atoms with Crippen LogP contribution in [0.2, 0.25) is 0 Å². The Labute approximate surface area is 84.5 Å². The van der Waals surface area contributed by atoms with Crippen molar-refractivity contribution in [1.29, 1.82) is 0 Å². The third kappa shape index (κ3) is 2.98. The lowest BCUT2D eigenvalue weighted by Gasteiger charge is -2.16. The van der Waals surface area contributed by atoms with Crippen LogP contribution in [0, 0.1) is 11.7 Å². The summed E-state index contributed by atoms with van der Waals surface area (Å²) in [6, 6.07) is 6.45. The molecule has 0 aliphatic carbocycles. The standard InChI is InChI=1S/C10H14FN.ClH/c1-7(2)10(12)8-5-3-4-6-9(8)11;/h3-7,10H,12H2,1-2H3;1H. The van der Waals surface area contributed by atoms with E-state index in [1.807, 2.05) is 13.8 Å². The van der Waals surface area contributed by atoms with Crippen LogP contribution in [0.15, 0.2) is 24.3 Å². The van der Waals surface area contributed by atoms with Crippen LogP contribution in [-0.2, 0) is 0 Å². The van der Waals surface area contributed by atoms with Crippen molar-refractivity contribution in [1.82, 2.24) is 0 Å². The van der Waals surface area contributed by atoms with Gasteiger partial charge in [-0.3, -0.25) is 0 Å². The molecule has 0 saturated heterocycles. The summed E-state index contributed by atoms with van der Waals surface area (Å²) < 4.78 is 13.1. The first-order valence-corrected chi connectivity index (χ1v) is 4.13. The summed E-state index contributed by atoms with van der Waals surface area (Å²) in [5.41, 5.74) is 6.40. The topological polar surface area (TPSA) is 26.0 Å². The van der Waals surface area contributed by atoms with E-state index in [2.05, 4.69) is 0 Å². The van der Waals surface area contributed by atoms with E-state index < -0.39 is 0 Å². The van der Waals surface area contributed by atoms with E-state index in [1.54, 1.807) is 18.2 Å². The minimum Gasteiger partial charge on any atom is -0.324 e. The number of nitrogens with two attached hydrogens (primary N) is 1. The molecular formula is C10H15ClFN. The molecule has 0 spiro atoms. The molecule has 13 heavy (non-hydrogen) atoms. The van der Waals surface area contributed by atoms with Gasteiger partial charge in [0.2, 0.25) is 0 Å². The smallest absolute Gasteiger partial charge is 0.127 e. The van der Waals surface area contributed by atoms with Crippen LogP contribution in [-0.4, -0.2) is 0 Å². The van der Waals surface area contributed by atoms with Gasteiger partial charge in [0, 0.05) is 11.6 Å². The fraction of sp³-hybridized carbons (Fsp3) is 0.400. The maximum absolute atomic E-state index is 13.1. The zero-order valence-corrected chi connectivity index (χ0v) is 8.64. The van der Waals surface area contributed by atoms with Gasteiger partial charge in [0.05, 0.1) is 0 Å². The summed E-state index contributed by atoms with van der Waals surface area (Å²) in [6.45, 7) is 3.97. The van der Waals surface area contributed by atoms with Crippen LogP contribution in [0.3, 0.4) is 0 Å². The van der Waals surface area contributed by atoms with Gasteiger partial charge in [-0.1, -0.05) is 32.0 Å². The van der Waals surface area contributed by atoms with Gasteiger partial charge in [-0.2, -0.15) is 0 Å². The summed E-state index contributed by atoms with van der Waals surface area (Å²) >= 11 is 0. The van der Waals surface area contributed by atoms with Gasteiger partial charge in [0.15, 0.2) is 0 Å². The highest BCUT2D eigenvalue weighted by Crippen LogP contribution is 2.20. The monoisotopic (exact) mass is 203 g/mol. The number of halogens is 2. The zero-order valence-electron chi connectivity index (χ0n) is 7.83. The average molecular weight is 204 g/mol. The number of rotatable bonds is 2. The molecule has 0 heterocycles. The quantitative estimate of drug-likeness (QED) is 0.786. The molecule has 1 aromatic rings. The van der Waals surface area contributed by atoms with Gasteiger partial charge in [0.25, 0.3) is 0 Å². The largest absolute Gasteiger partial charge is 0.324 e. The van der Waals surface area contributed by atoms with Gasteiger partial charge < -0.3 is 5.73 Å². The molecule has 3 heteroatoms. The third-order valence-electron chi connectivity index (χ3n) is 1.98. The fourth-order valence-corrected chi connectivity index (χ4v) is 1.10. The summed E-state index contributed by atoms with van der Waals surface area (Å²) in [5.74, 6) is 0.0561. The lowest BCUT2D eigenvalue weighted by Crippen LogP contribution is -2.17. The van der Waals surface area contributed by atoms with Crippen molar-refractivity contribution in [3.63, 3.8) is 0 Å². The SMILES string of the molecule is CC(C)C(N)c1ccccc1F.Cl. The Morgan fingerprint density at radius 3 is 2.23 bits per heavy atom. The fourth-order valence-electron chi connectivity index (χ4n) is 1.10. The van der Waals surface area contributed by atoms with E-state index in [0.717, 1.165) is 0 Å². The highest BCUT2D eigenvalue weighted by molar-refractivity contribution is 5.85. The van der Waals surface area contributed by atoms with Crippen LogP contribution >= 0.6 is 12.4 Å². The zero-order chi connectivity index (χ0) is 9.14. The second kappa shape index (κ2) is 5.20. The molecule has 1 rings (SSSR count). The van der Waals surface area contributed by atoms with Crippen LogP contribution in [0.25, 0.3) is 0 Å². The van der Waals surface area contributed by atoms with E-state index in [4.69, 9.17) is 5.73 Å². The van der Waals surface area contributed by atoms with Crippen LogP contribution in [0.1, 0.15) is 25.5 Å². The van der Waals surface area contributed by atoms with Gasteiger partial charge in [0.1, 0.15) is 5.82 Å². The molecule has 0 fully saturated rings. The van der Waals surface area contributed by atoms with Crippen molar-refractivity contribution in [2.75, 3.05) is 0 Å². The maximum Gasteiger partial charge on any atom is 0.127 e. The molecule has 0 bridgehead atoms. The first-order valence-electron chi connectivity index (χ1n) is 4.13. The second-order valence-electron chi connectivity index (χ2n) is 3.29. The van der Waals surface area contributed by atoms with Crippen molar-refractivity contribution in [3.05, 3.63) is 35.6 Å². The predicted molar refractivity (Wildman–Crippen MR) is 55.4 cm³/mol. The Kier molecular flexibility index (Phi) is 4.96. The van der Waals surface area contributed by atoms with Crippen molar-refractivity contribution in [3.8, 4) is 0 Å². The van der Waals surface area contributed by atoms with Crippen LogP contribution in [0.5, 0.6) is 0 Å². The molecule has 0 aliphatic rings. The molecular weight excluding hydrogens is 189 g/mol. The van der Waals surface area contributed by atoms with Crippen molar-refractivity contribution in [2.45, 2.75) is 19.9 Å². The summed E-state index contributed by atoms with van der Waals surface area (Å²) in [5, 5.41) is 0. The maximum atomic E-state index is 13.1.